The van der Waals surface area contributed by atoms with Gasteiger partial charge in [-0.2, -0.15) is 0 Å². The van der Waals surface area contributed by atoms with Crippen LogP contribution in [0.25, 0.3) is 5.76 Å². The second-order valence-corrected chi connectivity index (χ2v) is 7.46. The Morgan fingerprint density at radius 2 is 2.04 bits per heavy atom. The Morgan fingerprint density at radius 1 is 1.33 bits per heavy atom. The quantitative estimate of drug-likeness (QED) is 0.682. The first-order valence-electron chi connectivity index (χ1n) is 8.25. The molecule has 1 unspecified atom stereocenters. The molecule has 5 heteroatoms. The maximum absolute atomic E-state index is 12.6. The summed E-state index contributed by atoms with van der Waals surface area (Å²) in [6.45, 7) is 10.2. The SMILES string of the molecule is C=C(OC)c1ccc(C2CCCCN2C(=O)OC(C)(C)C)c(Cl)c1. The number of hydrogen-bond acceptors (Lipinski definition) is 3. The van der Waals surface area contributed by atoms with Gasteiger partial charge in [-0.15, -0.1) is 0 Å². The number of hydrogen-bond donors (Lipinski definition) is 0. The third kappa shape index (κ3) is 4.44. The molecular weight excluding hydrogens is 326 g/mol. The Morgan fingerprint density at radius 3 is 2.62 bits per heavy atom. The van der Waals surface area contributed by atoms with Crippen LogP contribution in [0, 0.1) is 0 Å². The highest BCUT2D eigenvalue weighted by Crippen LogP contribution is 2.36. The van der Waals surface area contributed by atoms with E-state index < -0.39 is 5.60 Å². The first-order valence-corrected chi connectivity index (χ1v) is 8.63. The molecule has 2 rings (SSSR count). The molecule has 1 aromatic rings. The average Bonchev–Trinajstić information content (AvgIpc) is 2.52. The second kappa shape index (κ2) is 7.47. The number of amides is 1. The molecule has 4 nitrogen and oxygen atoms in total. The van der Waals surface area contributed by atoms with Crippen LogP contribution in [0.15, 0.2) is 24.8 Å². The lowest BCUT2D eigenvalue weighted by Gasteiger charge is -2.37. The number of halogens is 1. The summed E-state index contributed by atoms with van der Waals surface area (Å²) >= 11 is 6.49. The summed E-state index contributed by atoms with van der Waals surface area (Å²) in [6.07, 6.45) is 2.64. The van der Waals surface area contributed by atoms with Crippen molar-refractivity contribution in [3.05, 3.63) is 40.9 Å². The molecule has 1 atom stereocenters. The summed E-state index contributed by atoms with van der Waals surface area (Å²) in [5, 5.41) is 0.617. The Labute approximate surface area is 149 Å². The topological polar surface area (TPSA) is 38.8 Å². The summed E-state index contributed by atoms with van der Waals surface area (Å²) in [4.78, 5) is 14.3. The minimum Gasteiger partial charge on any atom is -0.497 e. The summed E-state index contributed by atoms with van der Waals surface area (Å²) < 4.78 is 10.7. The second-order valence-electron chi connectivity index (χ2n) is 7.05. The van der Waals surface area contributed by atoms with Crippen LogP contribution in [0.4, 0.5) is 4.79 Å². The fraction of sp³-hybridized carbons (Fsp3) is 0.526. The zero-order valence-corrected chi connectivity index (χ0v) is 15.7. The number of methoxy groups -OCH3 is 1. The molecule has 1 aliphatic heterocycles. The summed E-state index contributed by atoms with van der Waals surface area (Å²) in [7, 11) is 1.58. The van der Waals surface area contributed by atoms with E-state index >= 15 is 0 Å². The number of ether oxygens (including phenoxy) is 2. The van der Waals surface area contributed by atoms with Gasteiger partial charge >= 0.3 is 6.09 Å². The number of carbonyl (C=O) groups is 1. The molecule has 0 saturated carbocycles. The zero-order valence-electron chi connectivity index (χ0n) is 14.9. The van der Waals surface area contributed by atoms with E-state index in [0.717, 1.165) is 30.4 Å². The molecule has 132 valence electrons. The number of likely N-dealkylation sites (tertiary alicyclic amines) is 1. The van der Waals surface area contributed by atoms with E-state index in [1.165, 1.54) is 0 Å². The first kappa shape index (κ1) is 18.7. The van der Waals surface area contributed by atoms with Gasteiger partial charge in [0.25, 0.3) is 0 Å². The highest BCUT2D eigenvalue weighted by atomic mass is 35.5. The third-order valence-corrected chi connectivity index (χ3v) is 4.39. The number of benzene rings is 1. The van der Waals surface area contributed by atoms with E-state index in [1.54, 1.807) is 12.0 Å². The highest BCUT2D eigenvalue weighted by Gasteiger charge is 2.32. The van der Waals surface area contributed by atoms with E-state index in [9.17, 15) is 4.79 Å². The van der Waals surface area contributed by atoms with E-state index in [4.69, 9.17) is 21.1 Å². The third-order valence-electron chi connectivity index (χ3n) is 4.06. The van der Waals surface area contributed by atoms with Crippen molar-refractivity contribution < 1.29 is 14.3 Å². The van der Waals surface area contributed by atoms with Gasteiger partial charge in [0.2, 0.25) is 0 Å². The molecule has 0 aromatic heterocycles. The molecule has 0 bridgehead atoms. The number of piperidine rings is 1. The monoisotopic (exact) mass is 351 g/mol. The van der Waals surface area contributed by atoms with Gasteiger partial charge in [0.05, 0.1) is 13.2 Å². The van der Waals surface area contributed by atoms with Gasteiger partial charge in [0, 0.05) is 17.1 Å². The minimum absolute atomic E-state index is 0.0639. The maximum atomic E-state index is 12.6. The molecule has 1 heterocycles. The largest absolute Gasteiger partial charge is 0.497 e. The number of rotatable bonds is 3. The number of nitrogens with zero attached hydrogens (tertiary/aromatic N) is 1. The Kier molecular flexibility index (Phi) is 5.81. The number of carbonyl (C=O) groups excluding carboxylic acids is 1. The van der Waals surface area contributed by atoms with Crippen LogP contribution in [0.1, 0.15) is 57.2 Å². The van der Waals surface area contributed by atoms with Crippen molar-refractivity contribution in [1.29, 1.82) is 0 Å². The van der Waals surface area contributed by atoms with Gasteiger partial charge in [-0.1, -0.05) is 30.3 Å². The molecule has 1 amide bonds. The van der Waals surface area contributed by atoms with Crippen LogP contribution < -0.4 is 0 Å². The van der Waals surface area contributed by atoms with Crippen molar-refractivity contribution in [3.8, 4) is 0 Å². The molecule has 0 N–H and O–H groups in total. The molecule has 1 fully saturated rings. The van der Waals surface area contributed by atoms with Crippen LogP contribution in [-0.2, 0) is 9.47 Å². The average molecular weight is 352 g/mol. The van der Waals surface area contributed by atoms with Crippen LogP contribution >= 0.6 is 11.6 Å². The highest BCUT2D eigenvalue weighted by molar-refractivity contribution is 6.31. The van der Waals surface area contributed by atoms with Crippen molar-refractivity contribution in [2.24, 2.45) is 0 Å². The van der Waals surface area contributed by atoms with Crippen molar-refractivity contribution in [2.45, 2.75) is 51.7 Å². The van der Waals surface area contributed by atoms with E-state index in [1.807, 2.05) is 39.0 Å². The van der Waals surface area contributed by atoms with Gasteiger partial charge in [0.1, 0.15) is 11.4 Å². The standard InChI is InChI=1S/C19H26ClNO3/c1-13(23-5)14-9-10-15(16(20)12-14)17-8-6-7-11-21(17)18(22)24-19(2,3)4/h9-10,12,17H,1,6-8,11H2,2-5H3. The van der Waals surface area contributed by atoms with Crippen LogP contribution in [0.3, 0.4) is 0 Å². The van der Waals surface area contributed by atoms with Gasteiger partial charge in [-0.25, -0.2) is 4.79 Å². The minimum atomic E-state index is -0.511. The van der Waals surface area contributed by atoms with Gasteiger partial charge in [0.15, 0.2) is 0 Å². The van der Waals surface area contributed by atoms with Crippen LogP contribution in [0.5, 0.6) is 0 Å². The van der Waals surface area contributed by atoms with Crippen LogP contribution in [0.2, 0.25) is 5.02 Å². The van der Waals surface area contributed by atoms with Gasteiger partial charge < -0.3 is 14.4 Å². The van der Waals surface area contributed by atoms with E-state index in [-0.39, 0.29) is 12.1 Å². The van der Waals surface area contributed by atoms with E-state index in [0.29, 0.717) is 17.3 Å². The molecule has 1 saturated heterocycles. The molecule has 0 radical (unpaired) electrons. The fourth-order valence-corrected chi connectivity index (χ4v) is 3.19. The summed E-state index contributed by atoms with van der Waals surface area (Å²) in [5.74, 6) is 0.566. The Bertz CT molecular complexity index is 622. The Hall–Kier alpha value is -1.68. The fourth-order valence-electron chi connectivity index (χ4n) is 2.88. The molecule has 1 aliphatic rings. The van der Waals surface area contributed by atoms with Crippen molar-refractivity contribution >= 4 is 23.5 Å². The maximum Gasteiger partial charge on any atom is 0.410 e. The Balaban J connectivity index is 2.27. The van der Waals surface area contributed by atoms with Gasteiger partial charge in [-0.3, -0.25) is 0 Å². The lowest BCUT2D eigenvalue weighted by molar-refractivity contribution is 0.00953. The lowest BCUT2D eigenvalue weighted by atomic mass is 9.94. The summed E-state index contributed by atoms with van der Waals surface area (Å²) in [6, 6.07) is 5.65. The van der Waals surface area contributed by atoms with E-state index in [2.05, 4.69) is 6.58 Å². The predicted molar refractivity (Wildman–Crippen MR) is 97.0 cm³/mol. The molecule has 0 aliphatic carbocycles. The molecule has 0 spiro atoms. The van der Waals surface area contributed by atoms with Crippen molar-refractivity contribution in [2.75, 3.05) is 13.7 Å². The zero-order chi connectivity index (χ0) is 17.9. The first-order chi connectivity index (χ1) is 11.2. The molecule has 1 aromatic carbocycles. The normalized spacial score (nSPS) is 18.2. The smallest absolute Gasteiger partial charge is 0.410 e. The summed E-state index contributed by atoms with van der Waals surface area (Å²) in [5.41, 5.74) is 1.27. The lowest BCUT2D eigenvalue weighted by Crippen LogP contribution is -2.41. The van der Waals surface area contributed by atoms with Gasteiger partial charge in [-0.05, 0) is 51.7 Å². The molecule has 24 heavy (non-hydrogen) atoms. The van der Waals surface area contributed by atoms with Crippen molar-refractivity contribution in [3.63, 3.8) is 0 Å². The predicted octanol–water partition coefficient (Wildman–Crippen LogP) is 5.42. The van der Waals surface area contributed by atoms with Crippen molar-refractivity contribution in [1.82, 2.24) is 4.90 Å². The van der Waals surface area contributed by atoms with Crippen LogP contribution in [-0.4, -0.2) is 30.2 Å². The molecular formula is C19H26ClNO3.